The van der Waals surface area contributed by atoms with E-state index in [2.05, 4.69) is 4.72 Å². The van der Waals surface area contributed by atoms with E-state index in [1.165, 1.54) is 29.2 Å². The van der Waals surface area contributed by atoms with Gasteiger partial charge in [0.25, 0.3) is 15.9 Å². The Morgan fingerprint density at radius 1 is 1.07 bits per heavy atom. The molecule has 2 aromatic rings. The maximum Gasteiger partial charge on any atom is 0.261 e. The van der Waals surface area contributed by atoms with Crippen molar-refractivity contribution in [3.05, 3.63) is 59.7 Å². The smallest absolute Gasteiger partial charge is 0.261 e. The Morgan fingerprint density at radius 3 is 2.32 bits per heavy atom. The predicted octanol–water partition coefficient (Wildman–Crippen LogP) is 3.00. The summed E-state index contributed by atoms with van der Waals surface area (Å²) in [6.07, 6.45) is 1.71. The van der Waals surface area contributed by atoms with E-state index in [1.54, 1.807) is 0 Å². The second kappa shape index (κ2) is 9.61. The Labute approximate surface area is 162 Å². The molecular formula is C19H22F2N2O4S. The zero-order chi connectivity index (χ0) is 20.7. The highest BCUT2D eigenvalue weighted by atomic mass is 32.2. The van der Waals surface area contributed by atoms with Crippen LogP contribution in [0.4, 0.5) is 14.5 Å². The largest absolute Gasteiger partial charge is 0.395 e. The normalized spacial score (nSPS) is 11.3. The van der Waals surface area contributed by atoms with Crippen molar-refractivity contribution < 1.29 is 27.1 Å². The number of carbonyl (C=O) groups excluding carboxylic acids is 1. The molecule has 0 heterocycles. The molecule has 0 aliphatic rings. The minimum atomic E-state index is -4.11. The summed E-state index contributed by atoms with van der Waals surface area (Å²) >= 11 is 0. The first-order valence-electron chi connectivity index (χ1n) is 8.76. The SMILES string of the molecule is CCCCN(CCO)C(=O)c1ccc(NS(=O)(=O)c2ccc(F)c(F)c2)cc1. The highest BCUT2D eigenvalue weighted by molar-refractivity contribution is 7.92. The van der Waals surface area contributed by atoms with E-state index in [9.17, 15) is 22.0 Å². The third kappa shape index (κ3) is 5.49. The monoisotopic (exact) mass is 412 g/mol. The average molecular weight is 412 g/mol. The Bertz CT molecular complexity index is 918. The van der Waals surface area contributed by atoms with Crippen molar-refractivity contribution in [2.24, 2.45) is 0 Å². The molecule has 152 valence electrons. The molecule has 0 spiro atoms. The number of aliphatic hydroxyl groups excluding tert-OH is 1. The summed E-state index contributed by atoms with van der Waals surface area (Å²) in [6.45, 7) is 2.57. The zero-order valence-electron chi connectivity index (χ0n) is 15.4. The predicted molar refractivity (Wildman–Crippen MR) is 102 cm³/mol. The fourth-order valence-electron chi connectivity index (χ4n) is 2.51. The molecule has 0 bridgehead atoms. The molecular weight excluding hydrogens is 390 g/mol. The molecule has 9 heteroatoms. The molecule has 0 fully saturated rings. The van der Waals surface area contributed by atoms with Gasteiger partial charge in [-0.25, -0.2) is 17.2 Å². The average Bonchev–Trinajstić information content (AvgIpc) is 2.67. The topological polar surface area (TPSA) is 86.7 Å². The van der Waals surface area contributed by atoms with E-state index in [1.807, 2.05) is 6.92 Å². The van der Waals surface area contributed by atoms with Gasteiger partial charge in [0.05, 0.1) is 11.5 Å². The molecule has 0 saturated heterocycles. The quantitative estimate of drug-likeness (QED) is 0.663. The van der Waals surface area contributed by atoms with Crippen molar-refractivity contribution in [2.45, 2.75) is 24.7 Å². The third-order valence-corrected chi connectivity index (χ3v) is 5.40. The van der Waals surface area contributed by atoms with Crippen LogP contribution in [0.3, 0.4) is 0 Å². The number of amides is 1. The van der Waals surface area contributed by atoms with E-state index in [4.69, 9.17) is 5.11 Å². The van der Waals surface area contributed by atoms with Crippen LogP contribution in [-0.4, -0.2) is 44.0 Å². The molecule has 0 aliphatic carbocycles. The molecule has 0 aromatic heterocycles. The highest BCUT2D eigenvalue weighted by Gasteiger charge is 2.18. The van der Waals surface area contributed by atoms with E-state index in [0.29, 0.717) is 18.2 Å². The summed E-state index contributed by atoms with van der Waals surface area (Å²) in [5.74, 6) is -2.67. The number of hydrogen-bond donors (Lipinski definition) is 2. The second-order valence-corrected chi connectivity index (χ2v) is 7.81. The van der Waals surface area contributed by atoms with Gasteiger partial charge in [-0.05, 0) is 48.9 Å². The summed E-state index contributed by atoms with van der Waals surface area (Å²) in [5, 5.41) is 9.13. The van der Waals surface area contributed by atoms with Crippen molar-refractivity contribution in [1.29, 1.82) is 0 Å². The van der Waals surface area contributed by atoms with Crippen LogP contribution in [0.5, 0.6) is 0 Å². The Balaban J connectivity index is 2.14. The van der Waals surface area contributed by atoms with Crippen molar-refractivity contribution in [1.82, 2.24) is 4.90 Å². The highest BCUT2D eigenvalue weighted by Crippen LogP contribution is 2.19. The fourth-order valence-corrected chi connectivity index (χ4v) is 3.58. The van der Waals surface area contributed by atoms with Gasteiger partial charge in [0, 0.05) is 24.3 Å². The summed E-state index contributed by atoms with van der Waals surface area (Å²) in [4.78, 5) is 13.6. The Kier molecular flexibility index (Phi) is 7.47. The summed E-state index contributed by atoms with van der Waals surface area (Å²) in [5.41, 5.74) is 0.517. The summed E-state index contributed by atoms with van der Waals surface area (Å²) in [7, 11) is -4.11. The third-order valence-electron chi connectivity index (χ3n) is 4.02. The van der Waals surface area contributed by atoms with Gasteiger partial charge in [0.2, 0.25) is 0 Å². The van der Waals surface area contributed by atoms with E-state index in [0.717, 1.165) is 25.0 Å². The van der Waals surface area contributed by atoms with Crippen molar-refractivity contribution in [2.75, 3.05) is 24.4 Å². The van der Waals surface area contributed by atoms with Crippen LogP contribution in [0.15, 0.2) is 47.4 Å². The number of unbranched alkanes of at least 4 members (excludes halogenated alkanes) is 1. The minimum Gasteiger partial charge on any atom is -0.395 e. The van der Waals surface area contributed by atoms with Crippen LogP contribution in [0.25, 0.3) is 0 Å². The minimum absolute atomic E-state index is 0.151. The molecule has 6 nitrogen and oxygen atoms in total. The fraction of sp³-hybridized carbons (Fsp3) is 0.316. The van der Waals surface area contributed by atoms with Gasteiger partial charge in [0.1, 0.15) is 0 Å². The van der Waals surface area contributed by atoms with Crippen LogP contribution in [0, 0.1) is 11.6 Å². The van der Waals surface area contributed by atoms with Crippen molar-refractivity contribution in [3.63, 3.8) is 0 Å². The Morgan fingerprint density at radius 2 is 1.75 bits per heavy atom. The van der Waals surface area contributed by atoms with Gasteiger partial charge in [-0.3, -0.25) is 9.52 Å². The number of aliphatic hydroxyl groups is 1. The molecule has 0 saturated carbocycles. The van der Waals surface area contributed by atoms with E-state index < -0.39 is 26.6 Å². The van der Waals surface area contributed by atoms with Gasteiger partial charge >= 0.3 is 0 Å². The summed E-state index contributed by atoms with van der Waals surface area (Å²) in [6, 6.07) is 8.01. The molecule has 2 N–H and O–H groups in total. The molecule has 0 unspecified atom stereocenters. The number of nitrogens with zero attached hydrogens (tertiary/aromatic N) is 1. The molecule has 28 heavy (non-hydrogen) atoms. The van der Waals surface area contributed by atoms with E-state index >= 15 is 0 Å². The number of anilines is 1. The number of hydrogen-bond acceptors (Lipinski definition) is 4. The zero-order valence-corrected chi connectivity index (χ0v) is 16.2. The molecule has 0 atom stereocenters. The first kappa shape index (κ1) is 21.8. The van der Waals surface area contributed by atoms with Gasteiger partial charge in [-0.1, -0.05) is 13.3 Å². The first-order chi connectivity index (χ1) is 13.3. The van der Waals surface area contributed by atoms with Crippen molar-refractivity contribution >= 4 is 21.6 Å². The Hall–Kier alpha value is -2.52. The van der Waals surface area contributed by atoms with Crippen LogP contribution in [-0.2, 0) is 10.0 Å². The number of rotatable bonds is 9. The maximum absolute atomic E-state index is 13.3. The van der Waals surface area contributed by atoms with Crippen LogP contribution in [0.2, 0.25) is 0 Å². The lowest BCUT2D eigenvalue weighted by atomic mass is 10.1. The van der Waals surface area contributed by atoms with Gasteiger partial charge < -0.3 is 10.0 Å². The number of benzene rings is 2. The maximum atomic E-state index is 13.3. The summed E-state index contributed by atoms with van der Waals surface area (Å²) < 4.78 is 53.1. The first-order valence-corrected chi connectivity index (χ1v) is 10.2. The van der Waals surface area contributed by atoms with E-state index in [-0.39, 0.29) is 24.7 Å². The number of halogens is 2. The lowest BCUT2D eigenvalue weighted by Crippen LogP contribution is -2.34. The second-order valence-electron chi connectivity index (χ2n) is 6.13. The number of sulfonamides is 1. The van der Waals surface area contributed by atoms with Crippen molar-refractivity contribution in [3.8, 4) is 0 Å². The van der Waals surface area contributed by atoms with Crippen LogP contribution >= 0.6 is 0 Å². The molecule has 0 radical (unpaired) electrons. The molecule has 2 aromatic carbocycles. The molecule has 0 aliphatic heterocycles. The van der Waals surface area contributed by atoms with Crippen LogP contribution < -0.4 is 4.72 Å². The lowest BCUT2D eigenvalue weighted by Gasteiger charge is -2.21. The van der Waals surface area contributed by atoms with Gasteiger partial charge in [-0.2, -0.15) is 0 Å². The van der Waals surface area contributed by atoms with Crippen LogP contribution in [0.1, 0.15) is 30.1 Å². The standard InChI is InChI=1S/C19H22F2N2O4S/c1-2-3-10-23(11-12-24)19(25)14-4-6-15(7-5-14)22-28(26,27)16-8-9-17(20)18(21)13-16/h4-9,13,22,24H,2-3,10-12H2,1H3. The molecule has 2 rings (SSSR count). The van der Waals surface area contributed by atoms with Gasteiger partial charge in [0.15, 0.2) is 11.6 Å². The molecule has 1 amide bonds. The van der Waals surface area contributed by atoms with Gasteiger partial charge in [-0.15, -0.1) is 0 Å². The lowest BCUT2D eigenvalue weighted by molar-refractivity contribution is 0.0719. The number of nitrogens with one attached hydrogen (secondary N) is 1. The number of carbonyl (C=O) groups is 1.